The molecule has 150 valence electrons. The van der Waals surface area contributed by atoms with Gasteiger partial charge in [-0.1, -0.05) is 36.4 Å². The number of nitrogens with one attached hydrogen (secondary N) is 1. The standard InChI is InChI=1S/C23H29FN2O2/c1-25-22(27)10-9-17-5-7-18(8-6-17)15-19-11-13-26(14-12-19)16-20-3-2-4-21(24)23(20)28/h2-8,19,28H,9-16H2,1H3,(H,25,27). The van der Waals surface area contributed by atoms with Crippen LogP contribution in [0.2, 0.25) is 0 Å². The van der Waals surface area contributed by atoms with E-state index < -0.39 is 5.82 Å². The van der Waals surface area contributed by atoms with Gasteiger partial charge < -0.3 is 10.4 Å². The monoisotopic (exact) mass is 384 g/mol. The van der Waals surface area contributed by atoms with Gasteiger partial charge in [0.25, 0.3) is 0 Å². The van der Waals surface area contributed by atoms with Gasteiger partial charge in [0.05, 0.1) is 0 Å². The number of rotatable bonds is 7. The SMILES string of the molecule is CNC(=O)CCc1ccc(CC2CCN(Cc3cccc(F)c3O)CC2)cc1. The van der Waals surface area contributed by atoms with Crippen molar-refractivity contribution in [1.29, 1.82) is 0 Å². The summed E-state index contributed by atoms with van der Waals surface area (Å²) in [5, 5.41) is 12.5. The molecular formula is C23H29FN2O2. The number of hydrogen-bond donors (Lipinski definition) is 2. The van der Waals surface area contributed by atoms with Gasteiger partial charge in [0.15, 0.2) is 11.6 Å². The summed E-state index contributed by atoms with van der Waals surface area (Å²) in [4.78, 5) is 13.6. The Morgan fingerprint density at radius 1 is 1.14 bits per heavy atom. The van der Waals surface area contributed by atoms with Gasteiger partial charge >= 0.3 is 0 Å². The molecule has 0 atom stereocenters. The molecule has 1 aliphatic heterocycles. The second-order valence-electron chi connectivity index (χ2n) is 7.66. The van der Waals surface area contributed by atoms with Crippen LogP contribution in [0.15, 0.2) is 42.5 Å². The van der Waals surface area contributed by atoms with E-state index in [1.165, 1.54) is 17.2 Å². The lowest BCUT2D eigenvalue weighted by Crippen LogP contribution is -2.33. The minimum Gasteiger partial charge on any atom is -0.505 e. The summed E-state index contributed by atoms with van der Waals surface area (Å²) < 4.78 is 13.5. The number of hydrogen-bond acceptors (Lipinski definition) is 3. The molecule has 1 aliphatic rings. The number of nitrogens with zero attached hydrogens (tertiary/aromatic N) is 1. The first-order chi connectivity index (χ1) is 13.5. The molecule has 1 amide bonds. The van der Waals surface area contributed by atoms with Crippen LogP contribution in [0, 0.1) is 11.7 Å². The zero-order valence-corrected chi connectivity index (χ0v) is 16.5. The van der Waals surface area contributed by atoms with Gasteiger partial charge in [-0.05, 0) is 61.9 Å². The largest absolute Gasteiger partial charge is 0.505 e. The molecule has 1 heterocycles. The number of halogens is 1. The maximum Gasteiger partial charge on any atom is 0.220 e. The van der Waals surface area contributed by atoms with Crippen molar-refractivity contribution in [2.24, 2.45) is 5.92 Å². The van der Waals surface area contributed by atoms with E-state index in [4.69, 9.17) is 0 Å². The topological polar surface area (TPSA) is 52.6 Å². The van der Waals surface area contributed by atoms with E-state index in [2.05, 4.69) is 34.5 Å². The van der Waals surface area contributed by atoms with Crippen molar-refractivity contribution in [3.05, 3.63) is 65.0 Å². The van der Waals surface area contributed by atoms with E-state index in [0.717, 1.165) is 38.8 Å². The molecule has 0 bridgehead atoms. The number of carbonyl (C=O) groups excluding carboxylic acids is 1. The van der Waals surface area contributed by atoms with Crippen LogP contribution in [-0.2, 0) is 24.2 Å². The molecule has 4 nitrogen and oxygen atoms in total. The molecule has 0 spiro atoms. The molecule has 1 fully saturated rings. The van der Waals surface area contributed by atoms with Crippen LogP contribution in [0.1, 0.15) is 36.0 Å². The van der Waals surface area contributed by atoms with Crippen molar-refractivity contribution in [2.45, 2.75) is 38.6 Å². The quantitative estimate of drug-likeness (QED) is 0.766. The Morgan fingerprint density at radius 2 is 1.82 bits per heavy atom. The van der Waals surface area contributed by atoms with Crippen molar-refractivity contribution in [1.82, 2.24) is 10.2 Å². The molecule has 2 N–H and O–H groups in total. The van der Waals surface area contributed by atoms with Crippen LogP contribution >= 0.6 is 0 Å². The van der Waals surface area contributed by atoms with Crippen LogP contribution in [-0.4, -0.2) is 36.1 Å². The van der Waals surface area contributed by atoms with E-state index in [1.807, 2.05) is 0 Å². The van der Waals surface area contributed by atoms with Crippen LogP contribution in [0.25, 0.3) is 0 Å². The number of carbonyl (C=O) groups is 1. The van der Waals surface area contributed by atoms with Gasteiger partial charge in [0.2, 0.25) is 5.91 Å². The molecule has 5 heteroatoms. The minimum atomic E-state index is -0.550. The highest BCUT2D eigenvalue weighted by atomic mass is 19.1. The van der Waals surface area contributed by atoms with Crippen LogP contribution in [0.3, 0.4) is 0 Å². The van der Waals surface area contributed by atoms with Crippen molar-refractivity contribution in [3.63, 3.8) is 0 Å². The lowest BCUT2D eigenvalue weighted by molar-refractivity contribution is -0.120. The van der Waals surface area contributed by atoms with Gasteiger partial charge in [-0.2, -0.15) is 0 Å². The van der Waals surface area contributed by atoms with E-state index in [1.54, 1.807) is 19.2 Å². The number of benzene rings is 2. The predicted octanol–water partition coefficient (Wildman–Crippen LogP) is 3.66. The third-order valence-electron chi connectivity index (χ3n) is 5.64. The van der Waals surface area contributed by atoms with Crippen LogP contribution < -0.4 is 5.32 Å². The third kappa shape index (κ3) is 5.55. The molecule has 0 saturated carbocycles. The first-order valence-corrected chi connectivity index (χ1v) is 10.0. The Morgan fingerprint density at radius 3 is 2.50 bits per heavy atom. The average Bonchev–Trinajstić information content (AvgIpc) is 2.72. The first-order valence-electron chi connectivity index (χ1n) is 10.0. The number of amides is 1. The Balaban J connectivity index is 1.45. The van der Waals surface area contributed by atoms with Gasteiger partial charge in [-0.25, -0.2) is 4.39 Å². The number of aromatic hydroxyl groups is 1. The Kier molecular flexibility index (Phi) is 7.04. The van der Waals surface area contributed by atoms with Crippen molar-refractivity contribution in [3.8, 4) is 5.75 Å². The molecule has 1 saturated heterocycles. The Labute approximate surface area is 166 Å². The summed E-state index contributed by atoms with van der Waals surface area (Å²) in [7, 11) is 1.66. The molecule has 0 radical (unpaired) electrons. The maximum absolute atomic E-state index is 13.5. The molecule has 2 aromatic rings. The number of phenolic OH excluding ortho intramolecular Hbond substituents is 1. The fourth-order valence-corrected chi connectivity index (χ4v) is 3.84. The fourth-order valence-electron chi connectivity index (χ4n) is 3.84. The molecule has 0 aromatic heterocycles. The smallest absolute Gasteiger partial charge is 0.220 e. The lowest BCUT2D eigenvalue weighted by Gasteiger charge is -2.32. The second-order valence-corrected chi connectivity index (χ2v) is 7.66. The Hall–Kier alpha value is -2.40. The zero-order valence-electron chi connectivity index (χ0n) is 16.5. The number of piperidine rings is 1. The van der Waals surface area contributed by atoms with Gasteiger partial charge in [0.1, 0.15) is 0 Å². The number of para-hydroxylation sites is 1. The molecular weight excluding hydrogens is 355 g/mol. The van der Waals surface area contributed by atoms with E-state index in [9.17, 15) is 14.3 Å². The summed E-state index contributed by atoms with van der Waals surface area (Å²) in [6.07, 6.45) is 4.57. The minimum absolute atomic E-state index is 0.0717. The third-order valence-corrected chi connectivity index (χ3v) is 5.64. The van der Waals surface area contributed by atoms with Gasteiger partial charge in [-0.15, -0.1) is 0 Å². The highest BCUT2D eigenvalue weighted by Crippen LogP contribution is 2.26. The molecule has 28 heavy (non-hydrogen) atoms. The van der Waals surface area contributed by atoms with Crippen molar-refractivity contribution in [2.75, 3.05) is 20.1 Å². The Bertz CT molecular complexity index is 784. The van der Waals surface area contributed by atoms with Gasteiger partial charge in [-0.3, -0.25) is 9.69 Å². The summed E-state index contributed by atoms with van der Waals surface area (Å²) in [5.74, 6) is -0.0521. The van der Waals surface area contributed by atoms with E-state index >= 15 is 0 Å². The molecule has 3 rings (SSSR count). The average molecular weight is 384 g/mol. The van der Waals surface area contributed by atoms with Crippen LogP contribution in [0.4, 0.5) is 4.39 Å². The van der Waals surface area contributed by atoms with E-state index in [-0.39, 0.29) is 11.7 Å². The number of phenols is 1. The molecule has 2 aromatic carbocycles. The maximum atomic E-state index is 13.5. The summed E-state index contributed by atoms with van der Waals surface area (Å²) in [5.41, 5.74) is 3.19. The lowest BCUT2D eigenvalue weighted by atomic mass is 9.89. The summed E-state index contributed by atoms with van der Waals surface area (Å²) >= 11 is 0. The van der Waals surface area contributed by atoms with Crippen molar-refractivity contribution >= 4 is 5.91 Å². The number of likely N-dealkylation sites (tertiary alicyclic amines) is 1. The highest BCUT2D eigenvalue weighted by molar-refractivity contribution is 5.75. The number of aryl methyl sites for hydroxylation is 1. The molecule has 0 unspecified atom stereocenters. The second kappa shape index (κ2) is 9.69. The van der Waals surface area contributed by atoms with E-state index in [0.29, 0.717) is 24.4 Å². The zero-order chi connectivity index (χ0) is 19.9. The first kappa shape index (κ1) is 20.3. The van der Waals surface area contributed by atoms with Gasteiger partial charge in [0, 0.05) is 25.6 Å². The molecule has 0 aliphatic carbocycles. The highest BCUT2D eigenvalue weighted by Gasteiger charge is 2.20. The van der Waals surface area contributed by atoms with Crippen LogP contribution in [0.5, 0.6) is 5.75 Å². The fraction of sp³-hybridized carbons (Fsp3) is 0.435. The normalized spacial score (nSPS) is 15.5. The van der Waals surface area contributed by atoms with Crippen molar-refractivity contribution < 1.29 is 14.3 Å². The summed E-state index contributed by atoms with van der Waals surface area (Å²) in [6, 6.07) is 13.3. The summed E-state index contributed by atoms with van der Waals surface area (Å²) in [6.45, 7) is 2.52. The predicted molar refractivity (Wildman–Crippen MR) is 109 cm³/mol.